The van der Waals surface area contributed by atoms with Gasteiger partial charge in [-0.1, -0.05) is 60.7 Å². The van der Waals surface area contributed by atoms with Crippen LogP contribution in [0.4, 0.5) is 0 Å². The lowest BCUT2D eigenvalue weighted by Gasteiger charge is -2.63. The van der Waals surface area contributed by atoms with Crippen LogP contribution in [0.2, 0.25) is 0 Å². The average molecular weight is 331 g/mol. The minimum Gasteiger partial charge on any atom is -0.291 e. The number of benzene rings is 2. The van der Waals surface area contributed by atoms with Gasteiger partial charge in [-0.3, -0.25) is 9.08 Å². The van der Waals surface area contributed by atoms with Gasteiger partial charge in [-0.15, -0.1) is 0 Å². The van der Waals surface area contributed by atoms with Crippen molar-refractivity contribution in [2.75, 3.05) is 19.8 Å². The monoisotopic (exact) mass is 331 g/mol. The lowest BCUT2D eigenvalue weighted by Crippen LogP contribution is -2.73. The molecule has 0 amide bonds. The molecule has 0 saturated carbocycles. The minimum atomic E-state index is -3.62. The Morgan fingerprint density at radius 3 is 1.87 bits per heavy atom. The molecule has 122 valence electrons. The van der Waals surface area contributed by atoms with Crippen molar-refractivity contribution in [1.29, 1.82) is 0 Å². The maximum atomic E-state index is 12.0. The van der Waals surface area contributed by atoms with Gasteiger partial charge in [-0.05, 0) is 25.1 Å². The van der Waals surface area contributed by atoms with E-state index < -0.39 is 21.3 Å². The molecule has 0 N–H and O–H groups in total. The fourth-order valence-corrected chi connectivity index (χ4v) is 4.40. The molecule has 0 aromatic heterocycles. The summed E-state index contributed by atoms with van der Waals surface area (Å²) in [5, 5.41) is 0. The van der Waals surface area contributed by atoms with Crippen LogP contribution < -0.4 is 0 Å². The highest BCUT2D eigenvalue weighted by atomic mass is 32.2. The van der Waals surface area contributed by atoms with Crippen LogP contribution in [0.15, 0.2) is 60.7 Å². The molecule has 0 aliphatic carbocycles. The molecule has 4 nitrogen and oxygen atoms in total. The second-order valence-electron chi connectivity index (χ2n) is 6.27. The SMILES string of the molecule is CN1CC(OS(C)(=O)=O)(c2ccccc2)C1(C)c1ccccc1. The molecule has 0 spiro atoms. The van der Waals surface area contributed by atoms with Crippen molar-refractivity contribution in [3.8, 4) is 0 Å². The zero-order valence-corrected chi connectivity index (χ0v) is 14.4. The summed E-state index contributed by atoms with van der Waals surface area (Å²) in [6.07, 6.45) is 1.11. The lowest BCUT2D eigenvalue weighted by molar-refractivity contribution is -0.193. The number of hydrogen-bond acceptors (Lipinski definition) is 4. The van der Waals surface area contributed by atoms with Crippen molar-refractivity contribution in [2.24, 2.45) is 0 Å². The standard InChI is InChI=1S/C18H21NO3S/c1-17(15-10-6-4-7-11-15)18(14-19(17)2,22-23(3,20)21)16-12-8-5-9-13-16/h4-13H,14H2,1-3H3. The molecule has 1 aliphatic heterocycles. The summed E-state index contributed by atoms with van der Waals surface area (Å²) in [7, 11) is -1.63. The summed E-state index contributed by atoms with van der Waals surface area (Å²) < 4.78 is 29.7. The molecule has 0 radical (unpaired) electrons. The van der Waals surface area contributed by atoms with Crippen LogP contribution in [-0.2, 0) is 25.4 Å². The number of nitrogens with zero attached hydrogens (tertiary/aromatic N) is 1. The van der Waals surface area contributed by atoms with Crippen molar-refractivity contribution < 1.29 is 12.6 Å². The molecule has 2 aromatic carbocycles. The third kappa shape index (κ3) is 2.49. The van der Waals surface area contributed by atoms with Crippen LogP contribution >= 0.6 is 0 Å². The number of rotatable bonds is 4. The van der Waals surface area contributed by atoms with Gasteiger partial charge in [-0.2, -0.15) is 8.42 Å². The molecular formula is C18H21NO3S. The van der Waals surface area contributed by atoms with Crippen molar-refractivity contribution in [1.82, 2.24) is 4.90 Å². The Kier molecular flexibility index (Phi) is 3.83. The van der Waals surface area contributed by atoms with Crippen molar-refractivity contribution >= 4 is 10.1 Å². The van der Waals surface area contributed by atoms with Crippen molar-refractivity contribution in [2.45, 2.75) is 18.1 Å². The Labute approximate surface area is 137 Å². The number of hydrogen-bond donors (Lipinski definition) is 0. The van der Waals surface area contributed by atoms with E-state index in [1.165, 1.54) is 0 Å². The Morgan fingerprint density at radius 2 is 1.43 bits per heavy atom. The van der Waals surface area contributed by atoms with Gasteiger partial charge in [0.2, 0.25) is 0 Å². The van der Waals surface area contributed by atoms with E-state index >= 15 is 0 Å². The maximum absolute atomic E-state index is 12.0. The first kappa shape index (κ1) is 16.2. The van der Waals surface area contributed by atoms with Crippen LogP contribution in [0.5, 0.6) is 0 Å². The van der Waals surface area contributed by atoms with Gasteiger partial charge in [0.05, 0.1) is 11.8 Å². The molecule has 2 aromatic rings. The van der Waals surface area contributed by atoms with Gasteiger partial charge in [0, 0.05) is 6.54 Å². The predicted octanol–water partition coefficient (Wildman–Crippen LogP) is 2.72. The first-order valence-corrected chi connectivity index (χ1v) is 9.34. The van der Waals surface area contributed by atoms with Gasteiger partial charge in [0.15, 0.2) is 0 Å². The quantitative estimate of drug-likeness (QED) is 0.808. The summed E-state index contributed by atoms with van der Waals surface area (Å²) in [4.78, 5) is 2.13. The highest BCUT2D eigenvalue weighted by Crippen LogP contribution is 2.55. The van der Waals surface area contributed by atoms with E-state index in [-0.39, 0.29) is 0 Å². The molecule has 1 heterocycles. The largest absolute Gasteiger partial charge is 0.291 e. The van der Waals surface area contributed by atoms with Gasteiger partial charge in [-0.25, -0.2) is 0 Å². The summed E-state index contributed by atoms with van der Waals surface area (Å²) in [5.74, 6) is 0. The van der Waals surface area contributed by atoms with Gasteiger partial charge in [0.1, 0.15) is 5.60 Å². The third-order valence-corrected chi connectivity index (χ3v) is 5.47. The van der Waals surface area contributed by atoms with E-state index in [1.54, 1.807) is 0 Å². The van der Waals surface area contributed by atoms with E-state index in [0.29, 0.717) is 6.54 Å². The number of likely N-dealkylation sites (tertiary alicyclic amines) is 1. The topological polar surface area (TPSA) is 46.6 Å². The van der Waals surface area contributed by atoms with Crippen LogP contribution in [0.3, 0.4) is 0 Å². The van der Waals surface area contributed by atoms with E-state index in [1.807, 2.05) is 74.6 Å². The van der Waals surface area contributed by atoms with Gasteiger partial charge >= 0.3 is 0 Å². The minimum absolute atomic E-state index is 0.509. The van der Waals surface area contributed by atoms with E-state index in [4.69, 9.17) is 4.18 Å². The fourth-order valence-electron chi connectivity index (χ4n) is 3.57. The van der Waals surface area contributed by atoms with Crippen molar-refractivity contribution in [3.63, 3.8) is 0 Å². The first-order chi connectivity index (χ1) is 10.8. The number of likely N-dealkylation sites (N-methyl/N-ethyl adjacent to an activating group) is 1. The molecular weight excluding hydrogens is 310 g/mol. The van der Waals surface area contributed by atoms with Gasteiger partial charge < -0.3 is 0 Å². The van der Waals surface area contributed by atoms with Crippen molar-refractivity contribution in [3.05, 3.63) is 71.8 Å². The third-order valence-electron chi connectivity index (χ3n) is 4.88. The molecule has 0 bridgehead atoms. The zero-order valence-electron chi connectivity index (χ0n) is 13.6. The average Bonchev–Trinajstić information content (AvgIpc) is 2.54. The van der Waals surface area contributed by atoms with Crippen LogP contribution in [0.1, 0.15) is 18.1 Å². The van der Waals surface area contributed by atoms with Crippen LogP contribution in [0.25, 0.3) is 0 Å². The summed E-state index contributed by atoms with van der Waals surface area (Å²) in [6.45, 7) is 2.54. The van der Waals surface area contributed by atoms with Crippen LogP contribution in [-0.4, -0.2) is 33.2 Å². The van der Waals surface area contributed by atoms with E-state index in [9.17, 15) is 8.42 Å². The van der Waals surface area contributed by atoms with E-state index in [2.05, 4.69) is 4.90 Å². The Morgan fingerprint density at radius 1 is 0.957 bits per heavy atom. The molecule has 1 saturated heterocycles. The summed E-state index contributed by atoms with van der Waals surface area (Å²) in [6, 6.07) is 19.5. The normalized spacial score (nSPS) is 28.3. The first-order valence-electron chi connectivity index (χ1n) is 7.52. The Balaban J connectivity index is 2.20. The van der Waals surface area contributed by atoms with Gasteiger partial charge in [0.25, 0.3) is 10.1 Å². The highest BCUT2D eigenvalue weighted by molar-refractivity contribution is 7.86. The van der Waals surface area contributed by atoms with E-state index in [0.717, 1.165) is 17.4 Å². The Hall–Kier alpha value is -1.69. The molecule has 2 atom stereocenters. The molecule has 2 unspecified atom stereocenters. The fraction of sp³-hybridized carbons (Fsp3) is 0.333. The predicted molar refractivity (Wildman–Crippen MR) is 90.5 cm³/mol. The Bertz CT molecular complexity index is 792. The lowest BCUT2D eigenvalue weighted by atomic mass is 9.64. The second-order valence-corrected chi connectivity index (χ2v) is 7.85. The summed E-state index contributed by atoms with van der Waals surface area (Å²) >= 11 is 0. The molecule has 23 heavy (non-hydrogen) atoms. The smallest absolute Gasteiger partial charge is 0.265 e. The second kappa shape index (κ2) is 5.44. The highest BCUT2D eigenvalue weighted by Gasteiger charge is 2.64. The molecule has 1 fully saturated rings. The summed E-state index contributed by atoms with van der Waals surface area (Å²) in [5.41, 5.74) is 0.396. The molecule has 1 aliphatic rings. The maximum Gasteiger partial charge on any atom is 0.265 e. The molecule has 5 heteroatoms. The molecule has 3 rings (SSSR count). The zero-order chi connectivity index (χ0) is 16.7. The van der Waals surface area contributed by atoms with Crippen LogP contribution in [0, 0.1) is 0 Å².